The van der Waals surface area contributed by atoms with Gasteiger partial charge in [-0.2, -0.15) is 0 Å². The molecule has 4 aromatic rings. The lowest BCUT2D eigenvalue weighted by atomic mass is 9.81. The van der Waals surface area contributed by atoms with Crippen LogP contribution < -0.4 is 16.6 Å². The molecule has 0 fully saturated rings. The molecule has 3 heterocycles. The minimum atomic E-state index is -1.02. The molecule has 1 N–H and O–H groups in total. The zero-order valence-corrected chi connectivity index (χ0v) is 15.7. The Kier molecular flexibility index (Phi) is 3.82. The average molecular weight is 402 g/mol. The van der Waals surface area contributed by atoms with E-state index in [1.165, 1.54) is 18.2 Å². The normalized spacial score (nSPS) is 14.6. The smallest absolute Gasteiger partial charge is 0.342 e. The van der Waals surface area contributed by atoms with E-state index in [9.17, 15) is 19.7 Å². The second-order valence-corrected chi connectivity index (χ2v) is 7.02. The summed E-state index contributed by atoms with van der Waals surface area (Å²) in [5, 5.41) is 15.5. The number of hydrogen-bond acceptors (Lipinski definition) is 7. The van der Waals surface area contributed by atoms with Crippen LogP contribution in [0.2, 0.25) is 0 Å². The SMILES string of the molecule is Cc1cc2c(c(=O)o1)C(c1ccccc1[N+](=O)[O-])c1c(c3ccccc3oc1=O)N2. The van der Waals surface area contributed by atoms with Crippen LogP contribution in [0.15, 0.2) is 73.0 Å². The second-order valence-electron chi connectivity index (χ2n) is 7.02. The minimum Gasteiger partial charge on any atom is -0.428 e. The van der Waals surface area contributed by atoms with Crippen LogP contribution in [0.1, 0.15) is 28.4 Å². The quantitative estimate of drug-likeness (QED) is 0.267. The highest BCUT2D eigenvalue weighted by molar-refractivity contribution is 5.96. The number of rotatable bonds is 2. The van der Waals surface area contributed by atoms with Crippen molar-refractivity contribution in [1.29, 1.82) is 0 Å². The lowest BCUT2D eigenvalue weighted by Crippen LogP contribution is -2.28. The van der Waals surface area contributed by atoms with E-state index in [-0.39, 0.29) is 22.4 Å². The number of nitro benzene ring substituents is 1. The maximum Gasteiger partial charge on any atom is 0.342 e. The van der Waals surface area contributed by atoms with Crippen molar-refractivity contribution < 1.29 is 13.8 Å². The molecule has 0 saturated carbocycles. The highest BCUT2D eigenvalue weighted by atomic mass is 16.6. The van der Waals surface area contributed by atoms with Crippen LogP contribution in [-0.2, 0) is 0 Å². The van der Waals surface area contributed by atoms with E-state index >= 15 is 0 Å². The summed E-state index contributed by atoms with van der Waals surface area (Å²) >= 11 is 0. The maximum absolute atomic E-state index is 13.0. The molecule has 1 atom stereocenters. The van der Waals surface area contributed by atoms with Gasteiger partial charge < -0.3 is 14.2 Å². The number of hydrogen-bond donors (Lipinski definition) is 1. The van der Waals surface area contributed by atoms with E-state index in [0.717, 1.165) is 0 Å². The molecule has 2 aromatic heterocycles. The molecule has 0 saturated heterocycles. The van der Waals surface area contributed by atoms with E-state index in [1.54, 1.807) is 43.3 Å². The minimum absolute atomic E-state index is 0.130. The van der Waals surface area contributed by atoms with Crippen LogP contribution in [0.3, 0.4) is 0 Å². The molecular weight excluding hydrogens is 388 g/mol. The Morgan fingerprint density at radius 3 is 2.47 bits per heavy atom. The summed E-state index contributed by atoms with van der Waals surface area (Å²) in [6.45, 7) is 1.64. The predicted molar refractivity (Wildman–Crippen MR) is 110 cm³/mol. The van der Waals surface area contributed by atoms with Crippen molar-refractivity contribution in [3.05, 3.63) is 108 Å². The van der Waals surface area contributed by atoms with Gasteiger partial charge in [-0.1, -0.05) is 30.3 Å². The van der Waals surface area contributed by atoms with Crippen molar-refractivity contribution >= 4 is 28.0 Å². The Balaban J connectivity index is 1.95. The molecule has 0 spiro atoms. The fourth-order valence-corrected chi connectivity index (χ4v) is 4.05. The van der Waals surface area contributed by atoms with Gasteiger partial charge in [0.15, 0.2) is 0 Å². The standard InChI is InChI=1S/C22H14N2O6/c1-11-10-14-18(21(25)29-11)17(12-6-2-4-8-15(12)24(27)28)19-20(23-14)13-7-3-5-9-16(13)30-22(19)26/h2-10,17,23H,1H3. The Bertz CT molecular complexity index is 1470. The summed E-state index contributed by atoms with van der Waals surface area (Å²) in [7, 11) is 0. The van der Waals surface area contributed by atoms with Crippen LogP contribution in [0.5, 0.6) is 0 Å². The van der Waals surface area contributed by atoms with E-state index in [2.05, 4.69) is 5.32 Å². The average Bonchev–Trinajstić information content (AvgIpc) is 2.72. The van der Waals surface area contributed by atoms with E-state index in [4.69, 9.17) is 8.83 Å². The number of anilines is 2. The zero-order valence-electron chi connectivity index (χ0n) is 15.7. The first-order chi connectivity index (χ1) is 14.5. The van der Waals surface area contributed by atoms with Crippen molar-refractivity contribution in [3.63, 3.8) is 0 Å². The summed E-state index contributed by atoms with van der Waals surface area (Å²) in [5.74, 6) is -0.640. The molecule has 8 heteroatoms. The number of nitrogens with one attached hydrogen (secondary N) is 1. The van der Waals surface area contributed by atoms with Crippen molar-refractivity contribution in [1.82, 2.24) is 0 Å². The summed E-state index contributed by atoms with van der Waals surface area (Å²) in [6.07, 6.45) is 0. The van der Waals surface area contributed by atoms with Crippen molar-refractivity contribution in [2.24, 2.45) is 0 Å². The van der Waals surface area contributed by atoms with E-state index in [0.29, 0.717) is 28.1 Å². The molecule has 0 amide bonds. The van der Waals surface area contributed by atoms with Gasteiger partial charge >= 0.3 is 11.3 Å². The highest BCUT2D eigenvalue weighted by Gasteiger charge is 2.38. The molecule has 8 nitrogen and oxygen atoms in total. The first kappa shape index (κ1) is 17.9. The summed E-state index contributed by atoms with van der Waals surface area (Å²) < 4.78 is 10.8. The third-order valence-corrected chi connectivity index (χ3v) is 5.24. The van der Waals surface area contributed by atoms with Crippen LogP contribution in [0.4, 0.5) is 17.1 Å². The van der Waals surface area contributed by atoms with Crippen molar-refractivity contribution in [2.45, 2.75) is 12.8 Å². The van der Waals surface area contributed by atoms with Gasteiger partial charge in [-0.25, -0.2) is 9.59 Å². The summed E-state index contributed by atoms with van der Waals surface area (Å²) in [6, 6.07) is 14.7. The highest BCUT2D eigenvalue weighted by Crippen LogP contribution is 2.46. The summed E-state index contributed by atoms with van der Waals surface area (Å²) in [4.78, 5) is 37.0. The molecule has 0 bridgehead atoms. The Morgan fingerprint density at radius 1 is 0.967 bits per heavy atom. The van der Waals surface area contributed by atoms with Gasteiger partial charge in [-0.3, -0.25) is 10.1 Å². The van der Waals surface area contributed by atoms with Gasteiger partial charge in [0.1, 0.15) is 11.3 Å². The van der Waals surface area contributed by atoms with Crippen LogP contribution in [-0.4, -0.2) is 4.92 Å². The molecule has 2 aromatic carbocycles. The summed E-state index contributed by atoms with van der Waals surface area (Å²) in [5.41, 5.74) is 0.204. The molecule has 5 rings (SSSR count). The first-order valence-corrected chi connectivity index (χ1v) is 9.16. The monoisotopic (exact) mass is 402 g/mol. The fourth-order valence-electron chi connectivity index (χ4n) is 4.05. The lowest BCUT2D eigenvalue weighted by Gasteiger charge is -2.28. The van der Waals surface area contributed by atoms with Gasteiger partial charge in [0.25, 0.3) is 5.69 Å². The van der Waals surface area contributed by atoms with Crippen molar-refractivity contribution in [2.75, 3.05) is 5.32 Å². The first-order valence-electron chi connectivity index (χ1n) is 9.16. The van der Waals surface area contributed by atoms with Gasteiger partial charge in [-0.05, 0) is 19.1 Å². The van der Waals surface area contributed by atoms with Crippen molar-refractivity contribution in [3.8, 4) is 0 Å². The molecule has 1 unspecified atom stereocenters. The second kappa shape index (κ2) is 6.41. The zero-order chi connectivity index (χ0) is 21.0. The van der Waals surface area contributed by atoms with Crippen LogP contribution in [0.25, 0.3) is 11.0 Å². The molecule has 1 aliphatic heterocycles. The van der Waals surface area contributed by atoms with Gasteiger partial charge in [-0.15, -0.1) is 0 Å². The Labute approximate surface area is 168 Å². The molecule has 0 radical (unpaired) electrons. The fraction of sp³-hybridized carbons (Fsp3) is 0.0909. The Morgan fingerprint density at radius 2 is 1.67 bits per heavy atom. The van der Waals surface area contributed by atoms with E-state index < -0.39 is 22.1 Å². The van der Waals surface area contributed by atoms with Gasteiger partial charge in [0.2, 0.25) is 0 Å². The largest absolute Gasteiger partial charge is 0.428 e. The molecule has 148 valence electrons. The number of para-hydroxylation sites is 2. The van der Waals surface area contributed by atoms with Crippen LogP contribution >= 0.6 is 0 Å². The lowest BCUT2D eigenvalue weighted by molar-refractivity contribution is -0.385. The third kappa shape index (κ3) is 2.54. The number of aryl methyl sites for hydroxylation is 1. The molecule has 1 aliphatic rings. The molecular formula is C22H14N2O6. The molecule has 0 aliphatic carbocycles. The number of nitrogens with zero attached hydrogens (tertiary/aromatic N) is 1. The number of benzene rings is 2. The van der Waals surface area contributed by atoms with Gasteiger partial charge in [0, 0.05) is 23.1 Å². The van der Waals surface area contributed by atoms with Crippen LogP contribution in [0, 0.1) is 17.0 Å². The Hall–Kier alpha value is -4.20. The predicted octanol–water partition coefficient (Wildman–Crippen LogP) is 4.20. The molecule has 30 heavy (non-hydrogen) atoms. The maximum atomic E-state index is 13.0. The third-order valence-electron chi connectivity index (χ3n) is 5.24. The number of fused-ring (bicyclic) bond motifs is 4. The van der Waals surface area contributed by atoms with Gasteiger partial charge in [0.05, 0.1) is 33.3 Å². The van der Waals surface area contributed by atoms with E-state index in [1.807, 2.05) is 0 Å². The number of nitro groups is 1. The topological polar surface area (TPSA) is 116 Å².